The number of nitrogens with one attached hydrogen (secondary N) is 1. The summed E-state index contributed by atoms with van der Waals surface area (Å²) in [5.74, 6) is 0.413. The third-order valence-corrected chi connectivity index (χ3v) is 5.36. The molecular weight excluding hydrogens is 340 g/mol. The molecule has 0 bridgehead atoms. The normalized spacial score (nSPS) is 14.6. The Balaban J connectivity index is 1.81. The van der Waals surface area contributed by atoms with Crippen molar-refractivity contribution >= 4 is 27.3 Å². The van der Waals surface area contributed by atoms with Crippen molar-refractivity contribution in [3.63, 3.8) is 0 Å². The van der Waals surface area contributed by atoms with Crippen LogP contribution in [-0.4, -0.2) is 27.5 Å². The molecule has 0 atom stereocenters. The fourth-order valence-corrected chi connectivity index (χ4v) is 3.99. The van der Waals surface area contributed by atoms with Gasteiger partial charge < -0.3 is 9.64 Å². The van der Waals surface area contributed by atoms with Gasteiger partial charge in [0, 0.05) is 24.3 Å². The van der Waals surface area contributed by atoms with Gasteiger partial charge in [-0.1, -0.05) is 12.1 Å². The van der Waals surface area contributed by atoms with Crippen molar-refractivity contribution in [3.05, 3.63) is 48.5 Å². The van der Waals surface area contributed by atoms with Crippen molar-refractivity contribution in [2.75, 3.05) is 22.8 Å². The maximum absolute atomic E-state index is 12.6. The number of nitrogens with zero attached hydrogens (tertiary/aromatic N) is 1. The summed E-state index contributed by atoms with van der Waals surface area (Å²) < 4.78 is 33.2. The van der Waals surface area contributed by atoms with E-state index in [0.717, 1.165) is 12.1 Å². The molecular formula is C18H20N2O4S. The van der Waals surface area contributed by atoms with Crippen LogP contribution in [-0.2, 0) is 14.8 Å². The van der Waals surface area contributed by atoms with Crippen LogP contribution >= 0.6 is 0 Å². The maximum Gasteiger partial charge on any atom is 0.265 e. The summed E-state index contributed by atoms with van der Waals surface area (Å²) in [4.78, 5) is 13.6. The van der Waals surface area contributed by atoms with E-state index in [2.05, 4.69) is 4.72 Å². The molecule has 1 aliphatic heterocycles. The molecule has 1 saturated heterocycles. The summed E-state index contributed by atoms with van der Waals surface area (Å²) >= 11 is 0. The number of rotatable bonds is 6. The second kappa shape index (κ2) is 7.14. The van der Waals surface area contributed by atoms with Crippen molar-refractivity contribution in [3.8, 4) is 5.75 Å². The first-order valence-corrected chi connectivity index (χ1v) is 9.64. The van der Waals surface area contributed by atoms with Crippen LogP contribution in [0.2, 0.25) is 0 Å². The SMILES string of the molecule is CCOc1ccccc1S(=O)(=O)Nc1ccc(N2CCCC2=O)cc1. The molecule has 25 heavy (non-hydrogen) atoms. The lowest BCUT2D eigenvalue weighted by Crippen LogP contribution is -2.23. The Morgan fingerprint density at radius 2 is 1.84 bits per heavy atom. The number of benzene rings is 2. The number of sulfonamides is 1. The van der Waals surface area contributed by atoms with Crippen LogP contribution in [0, 0.1) is 0 Å². The molecule has 0 spiro atoms. The van der Waals surface area contributed by atoms with E-state index in [1.165, 1.54) is 6.07 Å². The molecule has 6 nitrogen and oxygen atoms in total. The lowest BCUT2D eigenvalue weighted by molar-refractivity contribution is -0.117. The number of ether oxygens (including phenoxy) is 1. The molecule has 0 saturated carbocycles. The van der Waals surface area contributed by atoms with Crippen LogP contribution in [0.1, 0.15) is 19.8 Å². The molecule has 1 N–H and O–H groups in total. The van der Waals surface area contributed by atoms with Gasteiger partial charge in [-0.15, -0.1) is 0 Å². The summed E-state index contributed by atoms with van der Waals surface area (Å²) in [6.45, 7) is 2.88. The van der Waals surface area contributed by atoms with Gasteiger partial charge in [0.05, 0.1) is 6.61 Å². The number of carbonyl (C=O) groups is 1. The minimum Gasteiger partial charge on any atom is -0.492 e. The molecule has 0 unspecified atom stereocenters. The van der Waals surface area contributed by atoms with E-state index in [1.54, 1.807) is 54.3 Å². The third kappa shape index (κ3) is 3.76. The van der Waals surface area contributed by atoms with E-state index in [9.17, 15) is 13.2 Å². The van der Waals surface area contributed by atoms with Crippen molar-refractivity contribution in [2.45, 2.75) is 24.7 Å². The molecule has 1 aliphatic rings. The van der Waals surface area contributed by atoms with Crippen LogP contribution in [0.15, 0.2) is 53.4 Å². The monoisotopic (exact) mass is 360 g/mol. The summed E-state index contributed by atoms with van der Waals surface area (Å²) in [5, 5.41) is 0. The molecule has 3 rings (SSSR count). The number of hydrogen-bond donors (Lipinski definition) is 1. The second-order valence-corrected chi connectivity index (χ2v) is 7.33. The number of para-hydroxylation sites is 1. The number of hydrogen-bond acceptors (Lipinski definition) is 4. The largest absolute Gasteiger partial charge is 0.492 e. The predicted octanol–water partition coefficient (Wildman–Crippen LogP) is 3.01. The highest BCUT2D eigenvalue weighted by Crippen LogP contribution is 2.27. The van der Waals surface area contributed by atoms with E-state index in [-0.39, 0.29) is 10.8 Å². The van der Waals surface area contributed by atoms with Gasteiger partial charge in [0.25, 0.3) is 10.0 Å². The Kier molecular flexibility index (Phi) is 4.94. The average molecular weight is 360 g/mol. The Hall–Kier alpha value is -2.54. The molecule has 0 aromatic heterocycles. The van der Waals surface area contributed by atoms with Gasteiger partial charge in [-0.25, -0.2) is 8.42 Å². The fourth-order valence-electron chi connectivity index (χ4n) is 2.79. The smallest absolute Gasteiger partial charge is 0.265 e. The maximum atomic E-state index is 12.6. The zero-order valence-electron chi connectivity index (χ0n) is 13.9. The number of amides is 1. The van der Waals surface area contributed by atoms with Gasteiger partial charge in [-0.05, 0) is 49.7 Å². The second-order valence-electron chi connectivity index (χ2n) is 5.68. The fraction of sp³-hybridized carbons (Fsp3) is 0.278. The number of carbonyl (C=O) groups excluding carboxylic acids is 1. The van der Waals surface area contributed by atoms with Crippen LogP contribution in [0.25, 0.3) is 0 Å². The Morgan fingerprint density at radius 1 is 1.12 bits per heavy atom. The topological polar surface area (TPSA) is 75.7 Å². The minimum absolute atomic E-state index is 0.0932. The molecule has 1 amide bonds. The van der Waals surface area contributed by atoms with E-state index in [1.807, 2.05) is 0 Å². The molecule has 7 heteroatoms. The third-order valence-electron chi connectivity index (χ3n) is 3.94. The molecule has 0 radical (unpaired) electrons. The van der Waals surface area contributed by atoms with Gasteiger partial charge in [0.15, 0.2) is 0 Å². The van der Waals surface area contributed by atoms with E-state index < -0.39 is 10.0 Å². The summed E-state index contributed by atoms with van der Waals surface area (Å²) in [7, 11) is -3.76. The van der Waals surface area contributed by atoms with Crippen LogP contribution in [0.5, 0.6) is 5.75 Å². The lowest BCUT2D eigenvalue weighted by Gasteiger charge is -2.16. The zero-order chi connectivity index (χ0) is 17.9. The van der Waals surface area contributed by atoms with Crippen molar-refractivity contribution in [1.29, 1.82) is 0 Å². The van der Waals surface area contributed by atoms with Crippen LogP contribution < -0.4 is 14.4 Å². The minimum atomic E-state index is -3.76. The van der Waals surface area contributed by atoms with Crippen LogP contribution in [0.3, 0.4) is 0 Å². The molecule has 2 aromatic rings. The molecule has 0 aliphatic carbocycles. The summed E-state index contributed by atoms with van der Waals surface area (Å²) in [6, 6.07) is 13.3. The first-order valence-electron chi connectivity index (χ1n) is 8.16. The van der Waals surface area contributed by atoms with Gasteiger partial charge in [-0.3, -0.25) is 9.52 Å². The van der Waals surface area contributed by atoms with Gasteiger partial charge in [0.1, 0.15) is 10.6 Å². The van der Waals surface area contributed by atoms with E-state index in [4.69, 9.17) is 4.74 Å². The lowest BCUT2D eigenvalue weighted by atomic mass is 10.2. The predicted molar refractivity (Wildman–Crippen MR) is 96.4 cm³/mol. The first kappa shape index (κ1) is 17.3. The average Bonchev–Trinajstić information content (AvgIpc) is 3.02. The summed E-state index contributed by atoms with van der Waals surface area (Å²) in [5.41, 5.74) is 1.21. The Bertz CT molecular complexity index is 863. The molecule has 132 valence electrons. The van der Waals surface area contributed by atoms with Crippen molar-refractivity contribution in [1.82, 2.24) is 0 Å². The highest BCUT2D eigenvalue weighted by atomic mass is 32.2. The van der Waals surface area contributed by atoms with Crippen LogP contribution in [0.4, 0.5) is 11.4 Å². The first-order chi connectivity index (χ1) is 12.0. The summed E-state index contributed by atoms with van der Waals surface area (Å²) in [6.07, 6.45) is 1.41. The van der Waals surface area contributed by atoms with Crippen molar-refractivity contribution < 1.29 is 17.9 Å². The molecule has 1 heterocycles. The highest BCUT2D eigenvalue weighted by Gasteiger charge is 2.22. The number of anilines is 2. The van der Waals surface area contributed by atoms with Gasteiger partial charge >= 0.3 is 0 Å². The van der Waals surface area contributed by atoms with Gasteiger partial charge in [-0.2, -0.15) is 0 Å². The Morgan fingerprint density at radius 3 is 2.48 bits per heavy atom. The van der Waals surface area contributed by atoms with Crippen molar-refractivity contribution in [2.24, 2.45) is 0 Å². The molecule has 2 aromatic carbocycles. The van der Waals surface area contributed by atoms with Gasteiger partial charge in [0.2, 0.25) is 5.91 Å². The van der Waals surface area contributed by atoms with E-state index >= 15 is 0 Å². The Labute approximate surface area is 147 Å². The zero-order valence-corrected chi connectivity index (χ0v) is 14.8. The van der Waals surface area contributed by atoms with E-state index in [0.29, 0.717) is 31.0 Å². The molecule has 1 fully saturated rings. The highest BCUT2D eigenvalue weighted by molar-refractivity contribution is 7.92. The standard InChI is InChI=1S/C18H20N2O4S/c1-2-24-16-6-3-4-7-17(16)25(22,23)19-14-9-11-15(12-10-14)20-13-5-8-18(20)21/h3-4,6-7,9-12,19H,2,5,8,13H2,1H3. The quantitative estimate of drug-likeness (QED) is 0.859.